The molecule has 66 valence electrons. The fourth-order valence-corrected chi connectivity index (χ4v) is 1.56. The van der Waals surface area contributed by atoms with Gasteiger partial charge in [0.05, 0.1) is 18.0 Å². The molecule has 3 nitrogen and oxygen atoms in total. The van der Waals surface area contributed by atoms with Gasteiger partial charge >= 0.3 is 0 Å². The number of carbonyl (C=O) groups is 1. The Balaban J connectivity index is 2.37. The highest BCUT2D eigenvalue weighted by atomic mass is 32.1. The number of nitrogens with zero attached hydrogens (tertiary/aromatic N) is 2. The normalized spacial score (nSPS) is 10.6. The van der Waals surface area contributed by atoms with Crippen LogP contribution in [0.25, 0.3) is 0 Å². The summed E-state index contributed by atoms with van der Waals surface area (Å²) in [6, 6.07) is 0. The van der Waals surface area contributed by atoms with Gasteiger partial charge in [-0.15, -0.1) is 11.3 Å². The molecule has 0 radical (unpaired) electrons. The van der Waals surface area contributed by atoms with Crippen molar-refractivity contribution in [3.05, 3.63) is 16.6 Å². The van der Waals surface area contributed by atoms with Gasteiger partial charge in [-0.3, -0.25) is 4.79 Å². The first-order chi connectivity index (χ1) is 5.68. The van der Waals surface area contributed by atoms with E-state index < -0.39 is 0 Å². The highest BCUT2D eigenvalue weighted by molar-refractivity contribution is 7.09. The lowest BCUT2D eigenvalue weighted by Crippen LogP contribution is -2.22. The molecule has 0 aromatic carbocycles. The van der Waals surface area contributed by atoms with E-state index in [1.54, 1.807) is 6.20 Å². The second-order valence-corrected chi connectivity index (χ2v) is 3.86. The molecule has 0 aliphatic heterocycles. The second-order valence-electron chi connectivity index (χ2n) is 2.88. The van der Waals surface area contributed by atoms with Gasteiger partial charge in [0.1, 0.15) is 0 Å². The molecule has 0 unspecified atom stereocenters. The molecule has 0 fully saturated rings. The van der Waals surface area contributed by atoms with Gasteiger partial charge in [0, 0.05) is 11.6 Å². The van der Waals surface area contributed by atoms with Crippen LogP contribution in [0.5, 0.6) is 0 Å². The van der Waals surface area contributed by atoms with Gasteiger partial charge in [-0.1, -0.05) is 0 Å². The van der Waals surface area contributed by atoms with E-state index in [2.05, 4.69) is 4.98 Å². The van der Waals surface area contributed by atoms with E-state index in [0.29, 0.717) is 13.0 Å². The Labute approximate surface area is 76.0 Å². The Morgan fingerprint density at radius 1 is 1.67 bits per heavy atom. The van der Waals surface area contributed by atoms with Crippen molar-refractivity contribution in [2.75, 3.05) is 20.6 Å². The Morgan fingerprint density at radius 2 is 2.42 bits per heavy atom. The first kappa shape index (κ1) is 9.35. The molecular weight excluding hydrogens is 172 g/mol. The fourth-order valence-electron chi connectivity index (χ4n) is 0.918. The maximum Gasteiger partial charge on any atom is 0.153 e. The van der Waals surface area contributed by atoms with Gasteiger partial charge in [-0.05, 0) is 14.1 Å². The maximum absolute atomic E-state index is 11.2. The van der Waals surface area contributed by atoms with Crippen molar-refractivity contribution in [2.24, 2.45) is 0 Å². The predicted octanol–water partition coefficient (Wildman–Crippen LogP) is 0.816. The van der Waals surface area contributed by atoms with Crippen LogP contribution in [0.4, 0.5) is 0 Å². The molecule has 12 heavy (non-hydrogen) atoms. The smallest absolute Gasteiger partial charge is 0.153 e. The molecule has 1 heterocycles. The van der Waals surface area contributed by atoms with Crippen LogP contribution in [0.3, 0.4) is 0 Å². The highest BCUT2D eigenvalue weighted by Gasteiger charge is 2.05. The molecule has 0 atom stereocenters. The monoisotopic (exact) mass is 184 g/mol. The zero-order chi connectivity index (χ0) is 8.97. The summed E-state index contributed by atoms with van der Waals surface area (Å²) in [5.41, 5.74) is 0. The van der Waals surface area contributed by atoms with Crippen molar-refractivity contribution >= 4 is 17.1 Å². The van der Waals surface area contributed by atoms with E-state index in [1.165, 1.54) is 11.3 Å². The fraction of sp³-hybridized carbons (Fsp3) is 0.500. The van der Waals surface area contributed by atoms with Gasteiger partial charge in [0.25, 0.3) is 0 Å². The molecule has 1 rings (SSSR count). The van der Waals surface area contributed by atoms with Crippen molar-refractivity contribution < 1.29 is 4.79 Å². The average molecular weight is 184 g/mol. The van der Waals surface area contributed by atoms with E-state index >= 15 is 0 Å². The summed E-state index contributed by atoms with van der Waals surface area (Å²) < 4.78 is 0. The highest BCUT2D eigenvalue weighted by Crippen LogP contribution is 2.04. The van der Waals surface area contributed by atoms with Crippen molar-refractivity contribution in [1.29, 1.82) is 0 Å². The van der Waals surface area contributed by atoms with E-state index in [9.17, 15) is 4.79 Å². The zero-order valence-electron chi connectivity index (χ0n) is 7.28. The maximum atomic E-state index is 11.2. The first-order valence-electron chi connectivity index (χ1n) is 3.73. The third-order valence-corrected chi connectivity index (χ3v) is 2.10. The van der Waals surface area contributed by atoms with Crippen LogP contribution in [-0.4, -0.2) is 36.3 Å². The van der Waals surface area contributed by atoms with Crippen molar-refractivity contribution in [3.8, 4) is 0 Å². The number of carbonyl (C=O) groups excluding carboxylic acids is 1. The van der Waals surface area contributed by atoms with Crippen LogP contribution in [-0.2, 0) is 11.2 Å². The van der Waals surface area contributed by atoms with Crippen LogP contribution in [0.1, 0.15) is 5.01 Å². The minimum absolute atomic E-state index is 0.218. The summed E-state index contributed by atoms with van der Waals surface area (Å²) in [5.74, 6) is 0.218. The van der Waals surface area contributed by atoms with Crippen LogP contribution >= 0.6 is 11.3 Å². The van der Waals surface area contributed by atoms with E-state index in [1.807, 2.05) is 24.4 Å². The Bertz CT molecular complexity index is 244. The van der Waals surface area contributed by atoms with Gasteiger partial charge in [-0.25, -0.2) is 4.98 Å². The first-order valence-corrected chi connectivity index (χ1v) is 4.61. The molecule has 4 heteroatoms. The molecule has 0 amide bonds. The van der Waals surface area contributed by atoms with Crippen LogP contribution in [0, 0.1) is 0 Å². The summed E-state index contributed by atoms with van der Waals surface area (Å²) in [7, 11) is 3.78. The molecule has 0 bridgehead atoms. The standard InChI is InChI=1S/C8H12N2OS/c1-10(2)6-7(11)5-8-9-3-4-12-8/h3-4H,5-6H2,1-2H3. The van der Waals surface area contributed by atoms with Gasteiger partial charge < -0.3 is 4.90 Å². The SMILES string of the molecule is CN(C)CC(=O)Cc1nccs1. The van der Waals surface area contributed by atoms with Crippen molar-refractivity contribution in [1.82, 2.24) is 9.88 Å². The van der Waals surface area contributed by atoms with Gasteiger partial charge in [0.2, 0.25) is 0 Å². The molecule has 0 aliphatic rings. The Kier molecular flexibility index (Phi) is 3.37. The lowest BCUT2D eigenvalue weighted by Gasteiger charge is -2.06. The summed E-state index contributed by atoms with van der Waals surface area (Å²) in [5, 5.41) is 2.79. The van der Waals surface area contributed by atoms with Crippen molar-refractivity contribution in [3.63, 3.8) is 0 Å². The third kappa shape index (κ3) is 3.11. The molecule has 0 saturated heterocycles. The molecule has 1 aromatic heterocycles. The molecule has 0 N–H and O–H groups in total. The molecule has 0 spiro atoms. The minimum atomic E-state index is 0.218. The summed E-state index contributed by atoms with van der Waals surface area (Å²) in [6.45, 7) is 0.500. The molecule has 0 aliphatic carbocycles. The summed E-state index contributed by atoms with van der Waals surface area (Å²) in [6.07, 6.45) is 2.19. The summed E-state index contributed by atoms with van der Waals surface area (Å²) >= 11 is 1.53. The van der Waals surface area contributed by atoms with E-state index in [0.717, 1.165) is 5.01 Å². The number of hydrogen-bond acceptors (Lipinski definition) is 4. The van der Waals surface area contributed by atoms with Gasteiger partial charge in [-0.2, -0.15) is 0 Å². The zero-order valence-corrected chi connectivity index (χ0v) is 8.10. The minimum Gasteiger partial charge on any atom is -0.302 e. The number of ketones is 1. The van der Waals surface area contributed by atoms with Gasteiger partial charge in [0.15, 0.2) is 5.78 Å². The lowest BCUT2D eigenvalue weighted by molar-refractivity contribution is -0.119. The van der Waals surface area contributed by atoms with Crippen LogP contribution in [0.2, 0.25) is 0 Å². The number of Topliss-reactive ketones (excluding diaryl/α,β-unsaturated/α-hetero) is 1. The number of aromatic nitrogens is 1. The van der Waals surface area contributed by atoms with Crippen molar-refractivity contribution in [2.45, 2.75) is 6.42 Å². The molecular formula is C8H12N2OS. The number of hydrogen-bond donors (Lipinski definition) is 0. The number of likely N-dealkylation sites (N-methyl/N-ethyl adjacent to an activating group) is 1. The van der Waals surface area contributed by atoms with E-state index in [-0.39, 0.29) is 5.78 Å². The Hall–Kier alpha value is -0.740. The molecule has 0 saturated carbocycles. The topological polar surface area (TPSA) is 33.2 Å². The van der Waals surface area contributed by atoms with E-state index in [4.69, 9.17) is 0 Å². The second kappa shape index (κ2) is 4.33. The van der Waals surface area contributed by atoms with Crippen LogP contribution in [0.15, 0.2) is 11.6 Å². The quantitative estimate of drug-likeness (QED) is 0.694. The van der Waals surface area contributed by atoms with Crippen LogP contribution < -0.4 is 0 Å². The molecule has 1 aromatic rings. The lowest BCUT2D eigenvalue weighted by atomic mass is 10.3. The predicted molar refractivity (Wildman–Crippen MR) is 49.4 cm³/mol. The Morgan fingerprint density at radius 3 is 2.92 bits per heavy atom. The summed E-state index contributed by atoms with van der Waals surface area (Å²) in [4.78, 5) is 17.2. The number of rotatable bonds is 4. The number of thiazole rings is 1. The largest absolute Gasteiger partial charge is 0.302 e. The third-order valence-electron chi connectivity index (χ3n) is 1.32. The average Bonchev–Trinajstić information content (AvgIpc) is 2.37.